The van der Waals surface area contributed by atoms with Gasteiger partial charge in [0.2, 0.25) is 5.91 Å². The molecule has 0 bridgehead atoms. The van der Waals surface area contributed by atoms with Crippen molar-refractivity contribution in [2.75, 3.05) is 11.9 Å². The second-order valence-electron chi connectivity index (χ2n) is 6.01. The SMILES string of the molecule is C/C(CC(=O)Nc1ccccc1)=N\NC(=O)COc1ccc(C)c(C)c1. The van der Waals surface area contributed by atoms with Crippen LogP contribution >= 0.6 is 0 Å². The van der Waals surface area contributed by atoms with Crippen molar-refractivity contribution in [3.63, 3.8) is 0 Å². The molecule has 2 aromatic carbocycles. The maximum atomic E-state index is 11.9. The molecule has 0 aliphatic heterocycles. The van der Waals surface area contributed by atoms with Crippen molar-refractivity contribution in [3.8, 4) is 5.75 Å². The number of hydrogen-bond acceptors (Lipinski definition) is 4. The Labute approximate surface area is 153 Å². The van der Waals surface area contributed by atoms with E-state index in [0.29, 0.717) is 11.5 Å². The Morgan fingerprint density at radius 3 is 2.42 bits per heavy atom. The highest BCUT2D eigenvalue weighted by molar-refractivity contribution is 6.05. The van der Waals surface area contributed by atoms with Crippen LogP contribution in [0.2, 0.25) is 0 Å². The number of rotatable bonds is 7. The van der Waals surface area contributed by atoms with Crippen LogP contribution in [0.3, 0.4) is 0 Å². The van der Waals surface area contributed by atoms with E-state index < -0.39 is 0 Å². The van der Waals surface area contributed by atoms with Gasteiger partial charge in [0.25, 0.3) is 5.91 Å². The summed E-state index contributed by atoms with van der Waals surface area (Å²) in [4.78, 5) is 23.7. The molecule has 0 saturated heterocycles. The Morgan fingerprint density at radius 1 is 1.00 bits per heavy atom. The Morgan fingerprint density at radius 2 is 1.73 bits per heavy atom. The number of nitrogens with zero attached hydrogens (tertiary/aromatic N) is 1. The van der Waals surface area contributed by atoms with Crippen LogP contribution in [-0.2, 0) is 9.59 Å². The van der Waals surface area contributed by atoms with Crippen LogP contribution in [0.1, 0.15) is 24.5 Å². The molecule has 0 aliphatic carbocycles. The van der Waals surface area contributed by atoms with E-state index in [0.717, 1.165) is 16.8 Å². The number of carbonyl (C=O) groups is 2. The number of carbonyl (C=O) groups excluding carboxylic acids is 2. The van der Waals surface area contributed by atoms with E-state index >= 15 is 0 Å². The van der Waals surface area contributed by atoms with Gasteiger partial charge in [0.15, 0.2) is 6.61 Å². The molecule has 0 atom stereocenters. The van der Waals surface area contributed by atoms with Crippen LogP contribution in [-0.4, -0.2) is 24.1 Å². The van der Waals surface area contributed by atoms with E-state index in [1.54, 1.807) is 19.1 Å². The second kappa shape index (κ2) is 9.36. The molecule has 2 amide bonds. The first-order valence-electron chi connectivity index (χ1n) is 8.31. The minimum atomic E-state index is -0.383. The molecular weight excluding hydrogens is 330 g/mol. The molecule has 0 fully saturated rings. The zero-order valence-electron chi connectivity index (χ0n) is 15.2. The van der Waals surface area contributed by atoms with Crippen molar-refractivity contribution in [2.24, 2.45) is 5.10 Å². The first kappa shape index (κ1) is 19.2. The summed E-state index contributed by atoms with van der Waals surface area (Å²) < 4.78 is 5.44. The summed E-state index contributed by atoms with van der Waals surface area (Å²) in [6.07, 6.45) is 0.0905. The van der Waals surface area contributed by atoms with Gasteiger partial charge >= 0.3 is 0 Å². The largest absolute Gasteiger partial charge is 0.484 e. The van der Waals surface area contributed by atoms with Gasteiger partial charge in [0.1, 0.15) is 5.75 Å². The predicted molar refractivity (Wildman–Crippen MR) is 102 cm³/mol. The lowest BCUT2D eigenvalue weighted by atomic mass is 10.1. The zero-order chi connectivity index (χ0) is 18.9. The van der Waals surface area contributed by atoms with Crippen molar-refractivity contribution in [3.05, 3.63) is 59.7 Å². The van der Waals surface area contributed by atoms with Crippen molar-refractivity contribution in [2.45, 2.75) is 27.2 Å². The highest BCUT2D eigenvalue weighted by Crippen LogP contribution is 2.16. The second-order valence-corrected chi connectivity index (χ2v) is 6.01. The van der Waals surface area contributed by atoms with Gasteiger partial charge in [-0.2, -0.15) is 5.10 Å². The molecule has 2 rings (SSSR count). The molecule has 0 unspecified atom stereocenters. The number of aryl methyl sites for hydroxylation is 2. The van der Waals surface area contributed by atoms with Crippen LogP contribution in [0.5, 0.6) is 5.75 Å². The smallest absolute Gasteiger partial charge is 0.277 e. The van der Waals surface area contributed by atoms with Crippen LogP contribution in [0.4, 0.5) is 5.69 Å². The lowest BCUT2D eigenvalue weighted by molar-refractivity contribution is -0.123. The summed E-state index contributed by atoms with van der Waals surface area (Å²) in [5, 5.41) is 6.69. The number of hydrazone groups is 1. The molecule has 26 heavy (non-hydrogen) atoms. The number of ether oxygens (including phenoxy) is 1. The molecule has 2 aromatic rings. The third-order valence-electron chi connectivity index (χ3n) is 3.69. The van der Waals surface area contributed by atoms with E-state index in [4.69, 9.17) is 4.74 Å². The summed E-state index contributed by atoms with van der Waals surface area (Å²) in [6, 6.07) is 14.8. The van der Waals surface area contributed by atoms with Crippen LogP contribution in [0.25, 0.3) is 0 Å². The monoisotopic (exact) mass is 353 g/mol. The lowest BCUT2D eigenvalue weighted by Crippen LogP contribution is -2.26. The van der Waals surface area contributed by atoms with Gasteiger partial charge in [0, 0.05) is 11.4 Å². The van der Waals surface area contributed by atoms with E-state index in [1.807, 2.05) is 50.2 Å². The maximum absolute atomic E-state index is 11.9. The van der Waals surface area contributed by atoms with Gasteiger partial charge in [-0.3, -0.25) is 9.59 Å². The lowest BCUT2D eigenvalue weighted by Gasteiger charge is -2.08. The van der Waals surface area contributed by atoms with Crippen molar-refractivity contribution < 1.29 is 14.3 Å². The summed E-state index contributed by atoms with van der Waals surface area (Å²) in [7, 11) is 0. The van der Waals surface area contributed by atoms with Crippen molar-refractivity contribution >= 4 is 23.2 Å². The summed E-state index contributed by atoms with van der Waals surface area (Å²) >= 11 is 0. The van der Waals surface area contributed by atoms with Gasteiger partial charge in [-0.15, -0.1) is 0 Å². The van der Waals surface area contributed by atoms with Gasteiger partial charge in [-0.25, -0.2) is 5.43 Å². The quantitative estimate of drug-likeness (QED) is 0.592. The normalized spacial score (nSPS) is 11.0. The minimum Gasteiger partial charge on any atom is -0.484 e. The Bertz CT molecular complexity index is 801. The van der Waals surface area contributed by atoms with E-state index in [2.05, 4.69) is 15.8 Å². The van der Waals surface area contributed by atoms with Crippen molar-refractivity contribution in [1.29, 1.82) is 0 Å². The first-order chi connectivity index (χ1) is 12.4. The standard InChI is InChI=1S/C20H23N3O3/c1-14-9-10-18(11-15(14)2)26-13-20(25)23-22-16(3)12-19(24)21-17-7-5-4-6-8-17/h4-11H,12-13H2,1-3H3,(H,21,24)(H,23,25)/b22-16+. The first-order valence-corrected chi connectivity index (χ1v) is 8.31. The third-order valence-corrected chi connectivity index (χ3v) is 3.69. The average Bonchev–Trinajstić information content (AvgIpc) is 2.61. The molecule has 0 aromatic heterocycles. The van der Waals surface area contributed by atoms with Crippen LogP contribution in [0, 0.1) is 13.8 Å². The maximum Gasteiger partial charge on any atom is 0.277 e. The number of benzene rings is 2. The Hall–Kier alpha value is -3.15. The summed E-state index contributed by atoms with van der Waals surface area (Å²) in [6.45, 7) is 5.53. The molecule has 136 valence electrons. The number of amides is 2. The number of nitrogens with one attached hydrogen (secondary N) is 2. The third kappa shape index (κ3) is 6.39. The van der Waals surface area contributed by atoms with Gasteiger partial charge in [0.05, 0.1) is 6.42 Å². The fourth-order valence-electron chi connectivity index (χ4n) is 2.14. The van der Waals surface area contributed by atoms with E-state index in [9.17, 15) is 9.59 Å². The fraction of sp³-hybridized carbons (Fsp3) is 0.250. The summed E-state index contributed by atoms with van der Waals surface area (Å²) in [5.41, 5.74) is 5.87. The Kier molecular flexibility index (Phi) is 6.91. The fourth-order valence-corrected chi connectivity index (χ4v) is 2.14. The van der Waals surface area contributed by atoms with Crippen molar-refractivity contribution in [1.82, 2.24) is 5.43 Å². The number of hydrogen-bond donors (Lipinski definition) is 2. The van der Waals surface area contributed by atoms with Gasteiger partial charge in [-0.1, -0.05) is 24.3 Å². The summed E-state index contributed by atoms with van der Waals surface area (Å²) in [5.74, 6) is 0.0512. The average molecular weight is 353 g/mol. The molecule has 6 heteroatoms. The van der Waals surface area contributed by atoms with E-state index in [-0.39, 0.29) is 24.8 Å². The number of para-hydroxylation sites is 1. The topological polar surface area (TPSA) is 79.8 Å². The molecule has 0 aliphatic rings. The zero-order valence-corrected chi connectivity index (χ0v) is 15.2. The highest BCUT2D eigenvalue weighted by atomic mass is 16.5. The molecule has 0 radical (unpaired) electrons. The predicted octanol–water partition coefficient (Wildman–Crippen LogP) is 3.20. The molecule has 0 saturated carbocycles. The highest BCUT2D eigenvalue weighted by Gasteiger charge is 2.06. The molecule has 0 heterocycles. The molecular formula is C20H23N3O3. The van der Waals surface area contributed by atoms with Crippen LogP contribution in [0.15, 0.2) is 53.6 Å². The van der Waals surface area contributed by atoms with Gasteiger partial charge in [-0.05, 0) is 56.2 Å². The van der Waals surface area contributed by atoms with E-state index in [1.165, 1.54) is 0 Å². The molecule has 6 nitrogen and oxygen atoms in total. The van der Waals surface area contributed by atoms with Gasteiger partial charge < -0.3 is 10.1 Å². The number of anilines is 1. The molecule has 0 spiro atoms. The minimum absolute atomic E-state index is 0.0905. The Balaban J connectivity index is 1.75. The van der Waals surface area contributed by atoms with Crippen LogP contribution < -0.4 is 15.5 Å². The molecule has 2 N–H and O–H groups in total.